The number of aromatic nitrogens is 1. The van der Waals surface area contributed by atoms with Crippen molar-refractivity contribution in [3.63, 3.8) is 0 Å². The van der Waals surface area contributed by atoms with Gasteiger partial charge in [-0.1, -0.05) is 35.9 Å². The lowest BCUT2D eigenvalue weighted by Gasteiger charge is -2.05. The molecule has 0 bridgehead atoms. The molecular weight excluding hydrogens is 352 g/mol. The van der Waals surface area contributed by atoms with Crippen molar-refractivity contribution in [1.29, 1.82) is 0 Å². The van der Waals surface area contributed by atoms with Gasteiger partial charge in [0.15, 0.2) is 0 Å². The SMILES string of the molecule is Cc1ccc(-c2nc(-c3ccc(NS(C)(=O)=O)cc3)c(C)s2)c(C)c1. The largest absolute Gasteiger partial charge is 0.284 e. The van der Waals surface area contributed by atoms with Crippen LogP contribution >= 0.6 is 11.3 Å². The number of sulfonamides is 1. The van der Waals surface area contributed by atoms with E-state index in [0.717, 1.165) is 33.0 Å². The van der Waals surface area contributed by atoms with Crippen LogP contribution in [0.2, 0.25) is 0 Å². The number of hydrogen-bond donors (Lipinski definition) is 1. The third-order valence-electron chi connectivity index (χ3n) is 3.87. The Kier molecular flexibility index (Phi) is 4.67. The second-order valence-corrected chi connectivity index (χ2v) is 9.15. The van der Waals surface area contributed by atoms with E-state index < -0.39 is 10.0 Å². The van der Waals surface area contributed by atoms with E-state index >= 15 is 0 Å². The quantitative estimate of drug-likeness (QED) is 0.717. The van der Waals surface area contributed by atoms with E-state index in [4.69, 9.17) is 4.98 Å². The third kappa shape index (κ3) is 4.08. The molecule has 25 heavy (non-hydrogen) atoms. The van der Waals surface area contributed by atoms with Crippen molar-refractivity contribution in [3.05, 3.63) is 58.5 Å². The number of thiazole rings is 1. The number of benzene rings is 2. The summed E-state index contributed by atoms with van der Waals surface area (Å²) in [5.41, 5.74) is 6.07. The Morgan fingerprint density at radius 2 is 1.68 bits per heavy atom. The van der Waals surface area contributed by atoms with E-state index in [1.807, 2.05) is 12.1 Å². The Labute approximate surface area is 152 Å². The normalized spacial score (nSPS) is 11.5. The van der Waals surface area contributed by atoms with Crippen LogP contribution in [-0.4, -0.2) is 19.7 Å². The summed E-state index contributed by atoms with van der Waals surface area (Å²) in [6, 6.07) is 13.7. The van der Waals surface area contributed by atoms with Crippen molar-refractivity contribution in [2.45, 2.75) is 20.8 Å². The first-order valence-electron chi connectivity index (χ1n) is 7.86. The number of rotatable bonds is 4. The Hall–Kier alpha value is -2.18. The summed E-state index contributed by atoms with van der Waals surface area (Å²) in [5, 5.41) is 1.00. The minimum Gasteiger partial charge on any atom is -0.284 e. The van der Waals surface area contributed by atoms with E-state index in [2.05, 4.69) is 43.7 Å². The molecule has 0 aliphatic carbocycles. The van der Waals surface area contributed by atoms with Crippen LogP contribution in [0, 0.1) is 20.8 Å². The maximum atomic E-state index is 11.3. The van der Waals surface area contributed by atoms with Gasteiger partial charge < -0.3 is 0 Å². The molecule has 0 radical (unpaired) electrons. The molecule has 0 saturated carbocycles. The van der Waals surface area contributed by atoms with Crippen LogP contribution in [0.5, 0.6) is 0 Å². The van der Waals surface area contributed by atoms with Gasteiger partial charge in [0.05, 0.1) is 11.9 Å². The molecule has 0 spiro atoms. The molecule has 130 valence electrons. The van der Waals surface area contributed by atoms with Crippen molar-refractivity contribution in [1.82, 2.24) is 4.98 Å². The summed E-state index contributed by atoms with van der Waals surface area (Å²) in [7, 11) is -3.27. The highest BCUT2D eigenvalue weighted by Gasteiger charge is 2.13. The zero-order valence-corrected chi connectivity index (χ0v) is 16.3. The highest BCUT2D eigenvalue weighted by molar-refractivity contribution is 7.92. The molecule has 0 amide bonds. The summed E-state index contributed by atoms with van der Waals surface area (Å²) < 4.78 is 25.1. The van der Waals surface area contributed by atoms with Gasteiger partial charge in [-0.3, -0.25) is 4.72 Å². The lowest BCUT2D eigenvalue weighted by molar-refractivity contribution is 0.607. The lowest BCUT2D eigenvalue weighted by Crippen LogP contribution is -2.09. The van der Waals surface area contributed by atoms with Crippen molar-refractivity contribution in [2.75, 3.05) is 11.0 Å². The highest BCUT2D eigenvalue weighted by Crippen LogP contribution is 2.35. The van der Waals surface area contributed by atoms with Gasteiger partial charge in [0.25, 0.3) is 0 Å². The van der Waals surface area contributed by atoms with Crippen molar-refractivity contribution in [3.8, 4) is 21.8 Å². The fourth-order valence-corrected chi connectivity index (χ4v) is 4.33. The number of hydrogen-bond acceptors (Lipinski definition) is 4. The monoisotopic (exact) mass is 372 g/mol. The lowest BCUT2D eigenvalue weighted by atomic mass is 10.1. The van der Waals surface area contributed by atoms with Gasteiger partial charge in [0.1, 0.15) is 5.01 Å². The predicted octanol–water partition coefficient (Wildman–Crippen LogP) is 4.77. The maximum absolute atomic E-state index is 11.3. The molecule has 2 aromatic carbocycles. The van der Waals surface area contributed by atoms with Gasteiger partial charge in [-0.15, -0.1) is 11.3 Å². The third-order valence-corrected chi connectivity index (χ3v) is 5.48. The van der Waals surface area contributed by atoms with Gasteiger partial charge in [0.2, 0.25) is 10.0 Å². The van der Waals surface area contributed by atoms with E-state index in [1.165, 1.54) is 11.1 Å². The number of nitrogens with one attached hydrogen (secondary N) is 1. The Bertz CT molecular complexity index is 1020. The smallest absolute Gasteiger partial charge is 0.229 e. The highest BCUT2D eigenvalue weighted by atomic mass is 32.2. The van der Waals surface area contributed by atoms with Crippen molar-refractivity contribution >= 4 is 27.0 Å². The summed E-state index contributed by atoms with van der Waals surface area (Å²) >= 11 is 1.67. The first kappa shape index (κ1) is 17.6. The average molecular weight is 373 g/mol. The van der Waals surface area contributed by atoms with Gasteiger partial charge in [-0.2, -0.15) is 0 Å². The molecule has 3 rings (SSSR count). The average Bonchev–Trinajstić information content (AvgIpc) is 2.88. The second-order valence-electron chi connectivity index (χ2n) is 6.19. The molecule has 0 fully saturated rings. The summed E-state index contributed by atoms with van der Waals surface area (Å²) in [6.45, 7) is 6.24. The van der Waals surface area contributed by atoms with E-state index in [0.29, 0.717) is 5.69 Å². The summed E-state index contributed by atoms with van der Waals surface area (Å²) in [4.78, 5) is 5.96. The maximum Gasteiger partial charge on any atom is 0.229 e. The molecule has 1 heterocycles. The van der Waals surface area contributed by atoms with Gasteiger partial charge in [-0.25, -0.2) is 13.4 Å². The first-order valence-corrected chi connectivity index (χ1v) is 10.6. The van der Waals surface area contributed by atoms with Crippen LogP contribution in [0.4, 0.5) is 5.69 Å². The molecule has 0 aliphatic heterocycles. The number of nitrogens with zero attached hydrogens (tertiary/aromatic N) is 1. The van der Waals surface area contributed by atoms with E-state index in [-0.39, 0.29) is 0 Å². The zero-order valence-electron chi connectivity index (χ0n) is 14.6. The van der Waals surface area contributed by atoms with E-state index in [9.17, 15) is 8.42 Å². The molecule has 1 aromatic heterocycles. The second kappa shape index (κ2) is 6.61. The van der Waals surface area contributed by atoms with Crippen LogP contribution < -0.4 is 4.72 Å². The van der Waals surface area contributed by atoms with Crippen molar-refractivity contribution < 1.29 is 8.42 Å². The minimum absolute atomic E-state index is 0.550. The van der Waals surface area contributed by atoms with Crippen LogP contribution in [0.3, 0.4) is 0 Å². The van der Waals surface area contributed by atoms with Gasteiger partial charge in [-0.05, 0) is 38.5 Å². The molecule has 4 nitrogen and oxygen atoms in total. The Balaban J connectivity index is 1.95. The number of anilines is 1. The topological polar surface area (TPSA) is 59.1 Å². The first-order chi connectivity index (χ1) is 11.7. The summed E-state index contributed by atoms with van der Waals surface area (Å²) in [5.74, 6) is 0. The fraction of sp³-hybridized carbons (Fsp3) is 0.211. The Morgan fingerprint density at radius 1 is 1.00 bits per heavy atom. The molecular formula is C19H20N2O2S2. The van der Waals surface area contributed by atoms with Gasteiger partial charge in [0, 0.05) is 21.7 Å². The minimum atomic E-state index is -3.27. The molecule has 0 aliphatic rings. The fourth-order valence-electron chi connectivity index (χ4n) is 2.74. The Morgan fingerprint density at radius 3 is 2.28 bits per heavy atom. The molecule has 6 heteroatoms. The molecule has 0 unspecified atom stereocenters. The van der Waals surface area contributed by atoms with Crippen LogP contribution in [0.1, 0.15) is 16.0 Å². The molecule has 1 N–H and O–H groups in total. The van der Waals surface area contributed by atoms with Crippen LogP contribution in [0.15, 0.2) is 42.5 Å². The molecule has 0 atom stereocenters. The molecule has 3 aromatic rings. The van der Waals surface area contributed by atoms with Crippen LogP contribution in [0.25, 0.3) is 21.8 Å². The van der Waals surface area contributed by atoms with E-state index in [1.54, 1.807) is 23.5 Å². The number of aryl methyl sites for hydroxylation is 3. The molecule has 0 saturated heterocycles. The summed E-state index contributed by atoms with van der Waals surface area (Å²) in [6.07, 6.45) is 1.14. The zero-order chi connectivity index (χ0) is 18.2. The predicted molar refractivity (Wildman–Crippen MR) is 106 cm³/mol. The van der Waals surface area contributed by atoms with Gasteiger partial charge >= 0.3 is 0 Å². The van der Waals surface area contributed by atoms with Crippen molar-refractivity contribution in [2.24, 2.45) is 0 Å². The standard InChI is InChI=1S/C19H20N2O2S2/c1-12-5-10-17(13(2)11-12)19-20-18(14(3)24-19)15-6-8-16(9-7-15)21-25(4,22)23/h5-11,21H,1-4H3. The van der Waals surface area contributed by atoms with Crippen LogP contribution in [-0.2, 0) is 10.0 Å².